The van der Waals surface area contributed by atoms with Gasteiger partial charge in [0.15, 0.2) is 0 Å². The molecule has 118 valence electrons. The Balaban J connectivity index is 2.66. The number of aromatic nitrogens is 1. The number of hydrogen-bond acceptors (Lipinski definition) is 7. The van der Waals surface area contributed by atoms with E-state index in [2.05, 4.69) is 15.6 Å². The van der Waals surface area contributed by atoms with Gasteiger partial charge < -0.3 is 20.5 Å². The molecule has 0 saturated carbocycles. The van der Waals surface area contributed by atoms with E-state index >= 15 is 0 Å². The number of ether oxygens (including phenoxy) is 1. The minimum atomic E-state index is -0.570. The largest absolute Gasteiger partial charge is 0.391 e. The number of hydrogen-bond donors (Lipinski definition) is 3. The Labute approximate surface area is 123 Å². The van der Waals surface area contributed by atoms with Crippen molar-refractivity contribution in [2.24, 2.45) is 0 Å². The number of nitrogens with one attached hydrogen (secondary N) is 2. The third-order valence-electron chi connectivity index (χ3n) is 2.72. The molecule has 0 fully saturated rings. The van der Waals surface area contributed by atoms with Gasteiger partial charge in [0.2, 0.25) is 0 Å². The average molecular weight is 298 g/mol. The predicted octanol–water partition coefficient (Wildman–Crippen LogP) is 1.62. The normalized spacial score (nSPS) is 12.0. The molecule has 1 unspecified atom stereocenters. The Bertz CT molecular complexity index is 456. The van der Waals surface area contributed by atoms with Gasteiger partial charge in [-0.15, -0.1) is 0 Å². The molecule has 0 radical (unpaired) electrons. The van der Waals surface area contributed by atoms with Gasteiger partial charge in [0.05, 0.1) is 29.8 Å². The molecule has 0 aliphatic carbocycles. The van der Waals surface area contributed by atoms with Crippen LogP contribution in [0, 0.1) is 10.1 Å². The van der Waals surface area contributed by atoms with Crippen molar-refractivity contribution in [3.8, 4) is 0 Å². The maximum atomic E-state index is 10.9. The van der Waals surface area contributed by atoms with E-state index in [1.165, 1.54) is 19.2 Å². The molecular weight excluding hydrogens is 276 g/mol. The molecule has 1 atom stereocenters. The Morgan fingerprint density at radius 2 is 2.00 bits per heavy atom. The summed E-state index contributed by atoms with van der Waals surface area (Å²) in [5.41, 5.74) is -0.0245. The van der Waals surface area contributed by atoms with Crippen LogP contribution in [0.1, 0.15) is 19.8 Å². The lowest BCUT2D eigenvalue weighted by Crippen LogP contribution is -2.18. The second-order valence-electron chi connectivity index (χ2n) is 4.60. The third kappa shape index (κ3) is 6.37. The number of rotatable bonds is 10. The summed E-state index contributed by atoms with van der Waals surface area (Å²) in [7, 11) is 1.52. The van der Waals surface area contributed by atoms with Gasteiger partial charge in [-0.1, -0.05) is 6.92 Å². The van der Waals surface area contributed by atoms with Gasteiger partial charge in [-0.05, 0) is 12.8 Å². The molecule has 3 N–H and O–H groups in total. The van der Waals surface area contributed by atoms with Gasteiger partial charge in [-0.2, -0.15) is 0 Å². The summed E-state index contributed by atoms with van der Waals surface area (Å²) in [5.74, 6) is 0.874. The van der Waals surface area contributed by atoms with Crippen molar-refractivity contribution >= 4 is 17.3 Å². The van der Waals surface area contributed by atoms with Crippen molar-refractivity contribution < 1.29 is 14.8 Å². The standard InChI is InChI=1S/C13H22N4O4/c1-3-5-14-12-7-10(17(19)20)8-13(16-12)15-6-4-11(18)9-21-2/h7-8,11,18H,3-6,9H2,1-2H3,(H2,14,15,16). The Morgan fingerprint density at radius 3 is 2.52 bits per heavy atom. The average Bonchev–Trinajstić information content (AvgIpc) is 2.45. The molecule has 0 aliphatic rings. The number of nitrogens with zero attached hydrogens (tertiary/aromatic N) is 2. The summed E-state index contributed by atoms with van der Waals surface area (Å²) in [5, 5.41) is 26.4. The first-order valence-corrected chi connectivity index (χ1v) is 6.88. The molecule has 1 aromatic heterocycles. The summed E-state index contributed by atoms with van der Waals surface area (Å²) in [4.78, 5) is 14.7. The number of aliphatic hydroxyl groups is 1. The monoisotopic (exact) mass is 298 g/mol. The van der Waals surface area contributed by atoms with Crippen LogP contribution >= 0.6 is 0 Å². The minimum Gasteiger partial charge on any atom is -0.391 e. The molecule has 8 heteroatoms. The highest BCUT2D eigenvalue weighted by molar-refractivity contribution is 5.54. The lowest BCUT2D eigenvalue weighted by atomic mass is 10.2. The molecular formula is C13H22N4O4. The number of nitro groups is 1. The van der Waals surface area contributed by atoms with E-state index in [0.29, 0.717) is 31.1 Å². The van der Waals surface area contributed by atoms with Gasteiger partial charge in [-0.3, -0.25) is 10.1 Å². The number of anilines is 2. The fourth-order valence-electron chi connectivity index (χ4n) is 1.70. The van der Waals surface area contributed by atoms with Crippen LogP contribution in [-0.2, 0) is 4.74 Å². The maximum Gasteiger partial charge on any atom is 0.276 e. The first-order chi connectivity index (χ1) is 10.1. The van der Waals surface area contributed by atoms with Crippen LogP contribution in [0.4, 0.5) is 17.3 Å². The Hall–Kier alpha value is -1.93. The second kappa shape index (κ2) is 9.09. The van der Waals surface area contributed by atoms with Gasteiger partial charge in [-0.25, -0.2) is 4.98 Å². The SMILES string of the molecule is CCCNc1cc([N+](=O)[O-])cc(NCCC(O)COC)n1. The van der Waals surface area contributed by atoms with Crippen LogP contribution in [0.25, 0.3) is 0 Å². The zero-order chi connectivity index (χ0) is 15.7. The number of pyridine rings is 1. The topological polar surface area (TPSA) is 110 Å². The van der Waals surface area contributed by atoms with Crippen molar-refractivity contribution in [3.05, 3.63) is 22.2 Å². The Kier molecular flexibility index (Phi) is 7.41. The first kappa shape index (κ1) is 17.1. The second-order valence-corrected chi connectivity index (χ2v) is 4.60. The van der Waals surface area contributed by atoms with E-state index < -0.39 is 11.0 Å². The number of methoxy groups -OCH3 is 1. The van der Waals surface area contributed by atoms with Gasteiger partial charge in [0.25, 0.3) is 5.69 Å². The predicted molar refractivity (Wildman–Crippen MR) is 80.7 cm³/mol. The smallest absolute Gasteiger partial charge is 0.276 e. The fourth-order valence-corrected chi connectivity index (χ4v) is 1.70. The van der Waals surface area contributed by atoms with Gasteiger partial charge in [0.1, 0.15) is 11.6 Å². The molecule has 0 saturated heterocycles. The summed E-state index contributed by atoms with van der Waals surface area (Å²) in [6.45, 7) is 3.40. The summed E-state index contributed by atoms with van der Waals surface area (Å²) in [6.07, 6.45) is 0.797. The molecule has 21 heavy (non-hydrogen) atoms. The summed E-state index contributed by atoms with van der Waals surface area (Å²) < 4.78 is 4.83. The van der Waals surface area contributed by atoms with Crippen LogP contribution in [0.5, 0.6) is 0 Å². The van der Waals surface area contributed by atoms with Crippen LogP contribution in [0.2, 0.25) is 0 Å². The van der Waals surface area contributed by atoms with E-state index in [4.69, 9.17) is 4.74 Å². The van der Waals surface area contributed by atoms with Crippen LogP contribution in [0.3, 0.4) is 0 Å². The van der Waals surface area contributed by atoms with Crippen molar-refractivity contribution in [1.29, 1.82) is 0 Å². The van der Waals surface area contributed by atoms with Crippen molar-refractivity contribution in [2.45, 2.75) is 25.9 Å². The van der Waals surface area contributed by atoms with Gasteiger partial charge in [0, 0.05) is 20.2 Å². The molecule has 1 aromatic rings. The van der Waals surface area contributed by atoms with E-state index in [1.54, 1.807) is 0 Å². The summed E-state index contributed by atoms with van der Waals surface area (Å²) >= 11 is 0. The van der Waals surface area contributed by atoms with Crippen molar-refractivity contribution in [1.82, 2.24) is 4.98 Å². The number of aliphatic hydroxyl groups excluding tert-OH is 1. The lowest BCUT2D eigenvalue weighted by Gasteiger charge is -2.11. The van der Waals surface area contributed by atoms with Crippen molar-refractivity contribution in [2.75, 3.05) is 37.4 Å². The molecule has 1 heterocycles. The molecule has 1 rings (SSSR count). The fraction of sp³-hybridized carbons (Fsp3) is 0.615. The highest BCUT2D eigenvalue weighted by Crippen LogP contribution is 2.20. The molecule has 0 amide bonds. The maximum absolute atomic E-state index is 10.9. The quantitative estimate of drug-likeness (QED) is 0.444. The third-order valence-corrected chi connectivity index (χ3v) is 2.72. The zero-order valence-corrected chi connectivity index (χ0v) is 12.3. The lowest BCUT2D eigenvalue weighted by molar-refractivity contribution is -0.384. The first-order valence-electron chi connectivity index (χ1n) is 6.88. The van der Waals surface area contributed by atoms with Crippen LogP contribution in [0.15, 0.2) is 12.1 Å². The minimum absolute atomic E-state index is 0.0245. The zero-order valence-electron chi connectivity index (χ0n) is 12.3. The van der Waals surface area contributed by atoms with Gasteiger partial charge >= 0.3 is 0 Å². The molecule has 0 bridgehead atoms. The van der Waals surface area contributed by atoms with E-state index in [9.17, 15) is 15.2 Å². The molecule has 8 nitrogen and oxygen atoms in total. The van der Waals surface area contributed by atoms with Crippen LogP contribution in [-0.4, -0.2) is 47.9 Å². The highest BCUT2D eigenvalue weighted by Gasteiger charge is 2.11. The highest BCUT2D eigenvalue weighted by atomic mass is 16.6. The van der Waals surface area contributed by atoms with Crippen LogP contribution < -0.4 is 10.6 Å². The Morgan fingerprint density at radius 1 is 1.38 bits per heavy atom. The van der Waals surface area contributed by atoms with Crippen molar-refractivity contribution in [3.63, 3.8) is 0 Å². The van der Waals surface area contributed by atoms with E-state index in [0.717, 1.165) is 6.42 Å². The molecule has 0 aromatic carbocycles. The van der Waals surface area contributed by atoms with E-state index in [-0.39, 0.29) is 12.3 Å². The molecule has 0 aliphatic heterocycles. The van der Waals surface area contributed by atoms with E-state index in [1.807, 2.05) is 6.92 Å². The molecule has 0 spiro atoms. The summed E-state index contributed by atoms with van der Waals surface area (Å²) in [6, 6.07) is 2.78.